The molecule has 5 atom stereocenters. The van der Waals surface area contributed by atoms with E-state index in [2.05, 4.69) is 5.32 Å². The molecule has 7 nitrogen and oxygen atoms in total. The minimum absolute atomic E-state index is 0.256. The van der Waals surface area contributed by atoms with Crippen LogP contribution in [0.3, 0.4) is 0 Å². The molecule has 0 bridgehead atoms. The number of nitrogens with one attached hydrogen (secondary N) is 1. The van der Waals surface area contributed by atoms with Crippen molar-refractivity contribution in [3.05, 3.63) is 52.0 Å². The Labute approximate surface area is 204 Å². The fourth-order valence-corrected chi connectivity index (χ4v) is 7.06. The lowest BCUT2D eigenvalue weighted by Crippen LogP contribution is -2.54. The van der Waals surface area contributed by atoms with Crippen LogP contribution in [0.4, 0.5) is 11.4 Å². The Morgan fingerprint density at radius 3 is 2.67 bits per heavy atom. The standard InChI is InChI=1S/C23H18Cl3N3O4/c1-33-13-4-2-3-12(8-13)29-20(30)17-16-7-11(25)9-28(16)23(18(17)21(29)31)14-5-10(24)6-15(26)19(14)27-22(23)32/h2-6,8,11,16-18H,7,9H2,1H3,(H,27,32)/t11-,16?,17?,18?,23?/m0/s1. The van der Waals surface area contributed by atoms with Gasteiger partial charge in [0, 0.05) is 34.6 Å². The Kier molecular flexibility index (Phi) is 4.56. The third-order valence-electron chi connectivity index (χ3n) is 7.32. The number of hydrogen-bond donors (Lipinski definition) is 1. The number of rotatable bonds is 2. The van der Waals surface area contributed by atoms with Crippen LogP contribution in [0.25, 0.3) is 0 Å². The summed E-state index contributed by atoms with van der Waals surface area (Å²) >= 11 is 19.3. The van der Waals surface area contributed by atoms with Crippen molar-refractivity contribution in [3.8, 4) is 5.75 Å². The third kappa shape index (κ3) is 2.59. The van der Waals surface area contributed by atoms with Crippen LogP contribution in [0.5, 0.6) is 5.75 Å². The zero-order valence-corrected chi connectivity index (χ0v) is 19.6. The number of alkyl halides is 1. The molecule has 1 spiro atoms. The van der Waals surface area contributed by atoms with Gasteiger partial charge in [0.25, 0.3) is 5.91 Å². The van der Waals surface area contributed by atoms with Crippen LogP contribution in [0.15, 0.2) is 36.4 Å². The Morgan fingerprint density at radius 2 is 1.91 bits per heavy atom. The molecule has 4 aliphatic rings. The number of halogens is 3. The predicted octanol–water partition coefficient (Wildman–Crippen LogP) is 3.65. The number of anilines is 2. The summed E-state index contributed by atoms with van der Waals surface area (Å²) in [4.78, 5) is 44.5. The van der Waals surface area contributed by atoms with E-state index in [-0.39, 0.29) is 22.3 Å². The summed E-state index contributed by atoms with van der Waals surface area (Å²) < 4.78 is 5.28. The second-order valence-corrected chi connectivity index (χ2v) is 10.3. The average molecular weight is 507 g/mol. The van der Waals surface area contributed by atoms with Crippen LogP contribution < -0.4 is 15.0 Å². The fourth-order valence-electron chi connectivity index (χ4n) is 6.19. The number of methoxy groups -OCH3 is 1. The van der Waals surface area contributed by atoms with E-state index in [1.807, 2.05) is 4.90 Å². The molecule has 33 heavy (non-hydrogen) atoms. The van der Waals surface area contributed by atoms with Gasteiger partial charge < -0.3 is 10.1 Å². The second kappa shape index (κ2) is 7.09. The summed E-state index contributed by atoms with van der Waals surface area (Å²) in [5.41, 5.74) is -0.0717. The number of ether oxygens (including phenoxy) is 1. The largest absolute Gasteiger partial charge is 0.497 e. The Balaban J connectivity index is 1.57. The molecule has 2 aromatic rings. The highest BCUT2D eigenvalue weighted by atomic mass is 35.5. The van der Waals surface area contributed by atoms with Crippen molar-refractivity contribution in [1.82, 2.24) is 4.90 Å². The van der Waals surface area contributed by atoms with Crippen LogP contribution >= 0.6 is 34.8 Å². The molecular weight excluding hydrogens is 489 g/mol. The molecule has 3 saturated heterocycles. The van der Waals surface area contributed by atoms with Gasteiger partial charge in [-0.3, -0.25) is 19.3 Å². The molecule has 0 aliphatic carbocycles. The summed E-state index contributed by atoms with van der Waals surface area (Å²) in [6.07, 6.45) is 0.492. The van der Waals surface area contributed by atoms with Crippen molar-refractivity contribution in [3.63, 3.8) is 0 Å². The quantitative estimate of drug-likeness (QED) is 0.497. The van der Waals surface area contributed by atoms with Crippen LogP contribution in [0, 0.1) is 11.8 Å². The van der Waals surface area contributed by atoms with Crippen molar-refractivity contribution in [1.29, 1.82) is 0 Å². The zero-order chi connectivity index (χ0) is 23.2. The highest BCUT2D eigenvalue weighted by Gasteiger charge is 2.75. The van der Waals surface area contributed by atoms with Crippen LogP contribution in [0.1, 0.15) is 12.0 Å². The van der Waals surface area contributed by atoms with Gasteiger partial charge in [0.15, 0.2) is 0 Å². The van der Waals surface area contributed by atoms with Crippen molar-refractivity contribution in [2.75, 3.05) is 23.9 Å². The normalized spacial score (nSPS) is 32.4. The van der Waals surface area contributed by atoms with E-state index in [4.69, 9.17) is 39.5 Å². The Bertz CT molecular complexity index is 1250. The van der Waals surface area contributed by atoms with Gasteiger partial charge in [-0.05, 0) is 30.7 Å². The van der Waals surface area contributed by atoms with E-state index >= 15 is 0 Å². The first-order valence-electron chi connectivity index (χ1n) is 10.5. The number of carbonyl (C=O) groups excluding carboxylic acids is 3. The lowest BCUT2D eigenvalue weighted by Gasteiger charge is -2.36. The van der Waals surface area contributed by atoms with Crippen LogP contribution in [-0.2, 0) is 19.9 Å². The van der Waals surface area contributed by atoms with Crippen LogP contribution in [-0.4, -0.2) is 47.7 Å². The van der Waals surface area contributed by atoms with Crippen LogP contribution in [0.2, 0.25) is 10.0 Å². The van der Waals surface area contributed by atoms with E-state index in [1.54, 1.807) is 36.4 Å². The first-order valence-corrected chi connectivity index (χ1v) is 11.7. The molecule has 3 amide bonds. The summed E-state index contributed by atoms with van der Waals surface area (Å²) in [5.74, 6) is -2.30. The molecule has 4 aliphatic heterocycles. The fraction of sp³-hybridized carbons (Fsp3) is 0.348. The number of benzene rings is 2. The third-order valence-corrected chi connectivity index (χ3v) is 8.16. The molecule has 4 unspecified atom stereocenters. The minimum Gasteiger partial charge on any atom is -0.497 e. The molecule has 3 fully saturated rings. The maximum atomic E-state index is 14.0. The molecule has 10 heteroatoms. The summed E-state index contributed by atoms with van der Waals surface area (Å²) in [5, 5.41) is 3.23. The lowest BCUT2D eigenvalue weighted by molar-refractivity contribution is -0.135. The number of hydrogen-bond acceptors (Lipinski definition) is 5. The van der Waals surface area contributed by atoms with Gasteiger partial charge in [0.05, 0.1) is 35.3 Å². The molecule has 6 rings (SSSR count). The second-order valence-electron chi connectivity index (χ2n) is 8.80. The lowest BCUT2D eigenvalue weighted by atomic mass is 9.75. The van der Waals surface area contributed by atoms with Gasteiger partial charge in [-0.2, -0.15) is 0 Å². The maximum Gasteiger partial charge on any atom is 0.250 e. The summed E-state index contributed by atoms with van der Waals surface area (Å²) in [6.45, 7) is 0.371. The zero-order valence-electron chi connectivity index (χ0n) is 17.3. The molecule has 0 aromatic heterocycles. The van der Waals surface area contributed by atoms with E-state index in [1.165, 1.54) is 12.0 Å². The van der Waals surface area contributed by atoms with Crippen molar-refractivity contribution in [2.24, 2.45) is 11.8 Å². The highest BCUT2D eigenvalue weighted by molar-refractivity contribution is 6.38. The van der Waals surface area contributed by atoms with E-state index in [0.29, 0.717) is 40.7 Å². The molecule has 0 saturated carbocycles. The average Bonchev–Trinajstić information content (AvgIpc) is 3.44. The number of fused-ring (bicyclic) bond motifs is 7. The number of nitrogens with zero attached hydrogens (tertiary/aromatic N) is 2. The summed E-state index contributed by atoms with van der Waals surface area (Å²) in [6, 6.07) is 9.61. The van der Waals surface area contributed by atoms with Gasteiger partial charge in [-0.1, -0.05) is 29.3 Å². The first-order chi connectivity index (χ1) is 15.8. The van der Waals surface area contributed by atoms with Gasteiger partial charge in [0.1, 0.15) is 11.3 Å². The SMILES string of the molecule is COc1cccc(N2C(=O)C3C4C[C@H](Cl)CN4C4(C(=O)Nc5c(Cl)cc(Cl)cc54)C3C2=O)c1. The minimum atomic E-state index is -1.41. The van der Waals surface area contributed by atoms with Gasteiger partial charge in [0.2, 0.25) is 11.8 Å². The van der Waals surface area contributed by atoms with Gasteiger partial charge in [-0.15, -0.1) is 11.6 Å². The van der Waals surface area contributed by atoms with Crippen molar-refractivity contribution in [2.45, 2.75) is 23.4 Å². The first kappa shape index (κ1) is 21.2. The van der Waals surface area contributed by atoms with Crippen molar-refractivity contribution < 1.29 is 19.1 Å². The maximum absolute atomic E-state index is 14.0. The smallest absolute Gasteiger partial charge is 0.250 e. The van der Waals surface area contributed by atoms with Gasteiger partial charge in [-0.25, -0.2) is 4.90 Å². The molecule has 2 aromatic carbocycles. The van der Waals surface area contributed by atoms with Crippen molar-refractivity contribution >= 4 is 63.9 Å². The Hall–Kier alpha value is -2.32. The molecule has 1 N–H and O–H groups in total. The summed E-state index contributed by atoms with van der Waals surface area (Å²) in [7, 11) is 1.51. The molecule has 0 radical (unpaired) electrons. The van der Waals surface area contributed by atoms with Gasteiger partial charge >= 0.3 is 0 Å². The number of amides is 3. The van der Waals surface area contributed by atoms with E-state index in [0.717, 1.165) is 0 Å². The topological polar surface area (TPSA) is 79.0 Å². The van der Waals surface area contributed by atoms with E-state index in [9.17, 15) is 14.4 Å². The number of carbonyl (C=O) groups is 3. The van der Waals surface area contributed by atoms with E-state index < -0.39 is 29.2 Å². The predicted molar refractivity (Wildman–Crippen MR) is 124 cm³/mol. The Morgan fingerprint density at radius 1 is 1.12 bits per heavy atom. The monoisotopic (exact) mass is 505 g/mol. The number of imide groups is 1. The molecule has 170 valence electrons. The molecular formula is C23H18Cl3N3O4. The highest BCUT2D eigenvalue weighted by Crippen LogP contribution is 2.62. The molecule has 4 heterocycles.